The average molecular weight is 250 g/mol. The van der Waals surface area contributed by atoms with Crippen LogP contribution < -0.4 is 5.32 Å². The lowest BCUT2D eigenvalue weighted by Crippen LogP contribution is -2.48. The van der Waals surface area contributed by atoms with E-state index in [1.165, 1.54) is 0 Å². The van der Waals surface area contributed by atoms with Gasteiger partial charge in [0.05, 0.1) is 25.9 Å². The highest BCUT2D eigenvalue weighted by Gasteiger charge is 2.23. The first-order valence-corrected chi connectivity index (χ1v) is 6.09. The number of ether oxygens (including phenoxy) is 1. The molecule has 0 saturated carbocycles. The van der Waals surface area contributed by atoms with Crippen LogP contribution in [0.3, 0.4) is 0 Å². The summed E-state index contributed by atoms with van der Waals surface area (Å²) < 4.78 is 5.31. The number of carbonyl (C=O) groups excluding carboxylic acids is 1. The number of aliphatic hydroxyl groups is 1. The number of hydrogen-bond acceptors (Lipinski definition) is 4. The van der Waals surface area contributed by atoms with E-state index < -0.39 is 0 Å². The minimum absolute atomic E-state index is 0.0283. The molecule has 1 fully saturated rings. The van der Waals surface area contributed by atoms with Crippen LogP contribution in [0, 0.1) is 0 Å². The third kappa shape index (κ3) is 3.45. The highest BCUT2D eigenvalue weighted by molar-refractivity contribution is 5.81. The minimum atomic E-state index is -0.251. The van der Waals surface area contributed by atoms with Gasteiger partial charge >= 0.3 is 0 Å². The molecule has 0 radical (unpaired) electrons. The van der Waals surface area contributed by atoms with Crippen LogP contribution in [-0.4, -0.2) is 54.9 Å². The molecule has 5 nitrogen and oxygen atoms in total. The van der Waals surface area contributed by atoms with Gasteiger partial charge in [0.2, 0.25) is 5.91 Å². The quantitative estimate of drug-likeness (QED) is 0.808. The van der Waals surface area contributed by atoms with Gasteiger partial charge in [-0.25, -0.2) is 0 Å². The second-order valence-electron chi connectivity index (χ2n) is 4.23. The van der Waals surface area contributed by atoms with Gasteiger partial charge in [-0.05, 0) is 12.1 Å². The van der Waals surface area contributed by atoms with Gasteiger partial charge in [-0.1, -0.05) is 18.2 Å². The summed E-state index contributed by atoms with van der Waals surface area (Å²) in [5.41, 5.74) is 0.929. The van der Waals surface area contributed by atoms with E-state index in [1.54, 1.807) is 4.90 Å². The summed E-state index contributed by atoms with van der Waals surface area (Å²) in [4.78, 5) is 13.7. The minimum Gasteiger partial charge on any atom is -0.394 e. The van der Waals surface area contributed by atoms with Crippen molar-refractivity contribution in [2.45, 2.75) is 6.10 Å². The van der Waals surface area contributed by atoms with E-state index in [2.05, 4.69) is 5.32 Å². The van der Waals surface area contributed by atoms with Gasteiger partial charge in [0.15, 0.2) is 0 Å². The molecule has 1 aromatic rings. The Kier molecular flexibility index (Phi) is 4.55. The fourth-order valence-corrected chi connectivity index (χ4v) is 1.90. The number of amides is 1. The number of nitrogens with zero attached hydrogens (tertiary/aromatic N) is 1. The van der Waals surface area contributed by atoms with Crippen molar-refractivity contribution in [2.75, 3.05) is 38.2 Å². The van der Waals surface area contributed by atoms with Crippen molar-refractivity contribution in [2.24, 2.45) is 0 Å². The lowest BCUT2D eigenvalue weighted by Gasteiger charge is -2.32. The van der Waals surface area contributed by atoms with E-state index in [9.17, 15) is 4.79 Å². The SMILES string of the molecule is O=C(CNc1ccccc1)N1CCOC(CO)C1. The first-order chi connectivity index (χ1) is 8.79. The van der Waals surface area contributed by atoms with Crippen molar-refractivity contribution in [3.63, 3.8) is 0 Å². The Labute approximate surface area is 106 Å². The smallest absolute Gasteiger partial charge is 0.242 e. The first kappa shape index (κ1) is 12.9. The molecule has 1 saturated heterocycles. The molecule has 0 bridgehead atoms. The van der Waals surface area contributed by atoms with Gasteiger partial charge in [-0.2, -0.15) is 0 Å². The normalized spacial score (nSPS) is 19.6. The maximum absolute atomic E-state index is 12.0. The summed E-state index contributed by atoms with van der Waals surface area (Å²) in [6.45, 7) is 1.76. The molecular weight excluding hydrogens is 232 g/mol. The zero-order valence-corrected chi connectivity index (χ0v) is 10.2. The third-order valence-electron chi connectivity index (χ3n) is 2.91. The van der Waals surface area contributed by atoms with Crippen molar-refractivity contribution < 1.29 is 14.6 Å². The van der Waals surface area contributed by atoms with Crippen LogP contribution in [0.15, 0.2) is 30.3 Å². The molecule has 1 unspecified atom stereocenters. The zero-order valence-electron chi connectivity index (χ0n) is 10.2. The summed E-state index contributed by atoms with van der Waals surface area (Å²) in [5, 5.41) is 12.1. The molecule has 0 aromatic heterocycles. The van der Waals surface area contributed by atoms with Crippen molar-refractivity contribution >= 4 is 11.6 Å². The molecule has 18 heavy (non-hydrogen) atoms. The lowest BCUT2D eigenvalue weighted by atomic mass is 10.2. The molecule has 1 heterocycles. The predicted molar refractivity (Wildman–Crippen MR) is 68.3 cm³/mol. The highest BCUT2D eigenvalue weighted by Crippen LogP contribution is 2.07. The fourth-order valence-electron chi connectivity index (χ4n) is 1.90. The second kappa shape index (κ2) is 6.37. The molecular formula is C13H18N2O3. The van der Waals surface area contributed by atoms with E-state index in [0.717, 1.165) is 5.69 Å². The number of nitrogens with one attached hydrogen (secondary N) is 1. The summed E-state index contributed by atoms with van der Waals surface area (Å²) in [5.74, 6) is 0.0283. The number of benzene rings is 1. The number of hydrogen-bond donors (Lipinski definition) is 2. The van der Waals surface area contributed by atoms with Crippen LogP contribution >= 0.6 is 0 Å². The van der Waals surface area contributed by atoms with Gasteiger partial charge < -0.3 is 20.1 Å². The molecule has 98 valence electrons. The van der Waals surface area contributed by atoms with Gasteiger partial charge in [-0.15, -0.1) is 0 Å². The van der Waals surface area contributed by atoms with Gasteiger partial charge in [-0.3, -0.25) is 4.79 Å². The third-order valence-corrected chi connectivity index (χ3v) is 2.91. The van der Waals surface area contributed by atoms with E-state index in [4.69, 9.17) is 9.84 Å². The molecule has 1 aliphatic heterocycles. The fraction of sp³-hybridized carbons (Fsp3) is 0.462. The molecule has 2 rings (SSSR count). The molecule has 1 aromatic carbocycles. The first-order valence-electron chi connectivity index (χ1n) is 6.09. The Morgan fingerprint density at radius 3 is 2.94 bits per heavy atom. The average Bonchev–Trinajstić information content (AvgIpc) is 2.46. The van der Waals surface area contributed by atoms with Crippen LogP contribution in [0.4, 0.5) is 5.69 Å². The van der Waals surface area contributed by atoms with E-state index in [1.807, 2.05) is 30.3 Å². The Morgan fingerprint density at radius 1 is 1.44 bits per heavy atom. The molecule has 0 spiro atoms. The van der Waals surface area contributed by atoms with Crippen molar-refractivity contribution in [3.8, 4) is 0 Å². The Hall–Kier alpha value is -1.59. The van der Waals surface area contributed by atoms with Gasteiger partial charge in [0, 0.05) is 18.8 Å². The van der Waals surface area contributed by atoms with Gasteiger partial charge in [0.1, 0.15) is 0 Å². The van der Waals surface area contributed by atoms with Gasteiger partial charge in [0.25, 0.3) is 0 Å². The number of anilines is 1. The number of para-hydroxylation sites is 1. The largest absolute Gasteiger partial charge is 0.394 e. The second-order valence-corrected chi connectivity index (χ2v) is 4.23. The molecule has 2 N–H and O–H groups in total. The van der Waals surface area contributed by atoms with E-state index >= 15 is 0 Å². The van der Waals surface area contributed by atoms with Crippen LogP contribution in [0.2, 0.25) is 0 Å². The monoisotopic (exact) mass is 250 g/mol. The van der Waals surface area contributed by atoms with Crippen LogP contribution in [-0.2, 0) is 9.53 Å². The van der Waals surface area contributed by atoms with Crippen LogP contribution in [0.5, 0.6) is 0 Å². The number of aliphatic hydroxyl groups excluding tert-OH is 1. The Morgan fingerprint density at radius 2 is 2.22 bits per heavy atom. The number of rotatable bonds is 4. The van der Waals surface area contributed by atoms with Crippen LogP contribution in [0.25, 0.3) is 0 Å². The molecule has 1 amide bonds. The Balaban J connectivity index is 1.81. The molecule has 0 aliphatic carbocycles. The summed E-state index contributed by atoms with van der Waals surface area (Å²) >= 11 is 0. The van der Waals surface area contributed by atoms with Crippen molar-refractivity contribution in [1.29, 1.82) is 0 Å². The lowest BCUT2D eigenvalue weighted by molar-refractivity contribution is -0.138. The van der Waals surface area contributed by atoms with Crippen molar-refractivity contribution in [3.05, 3.63) is 30.3 Å². The number of carbonyl (C=O) groups is 1. The maximum atomic E-state index is 12.0. The summed E-state index contributed by atoms with van der Waals surface area (Å²) in [6.07, 6.45) is -0.251. The topological polar surface area (TPSA) is 61.8 Å². The van der Waals surface area contributed by atoms with E-state index in [-0.39, 0.29) is 25.2 Å². The Bertz CT molecular complexity index is 383. The number of morpholine rings is 1. The molecule has 1 atom stereocenters. The standard InChI is InChI=1S/C13H18N2O3/c16-10-12-9-15(6-7-18-12)13(17)8-14-11-4-2-1-3-5-11/h1-5,12,14,16H,6-10H2. The molecule has 5 heteroatoms. The molecule has 1 aliphatic rings. The van der Waals surface area contributed by atoms with E-state index in [0.29, 0.717) is 19.7 Å². The maximum Gasteiger partial charge on any atom is 0.242 e. The van der Waals surface area contributed by atoms with Crippen molar-refractivity contribution in [1.82, 2.24) is 4.90 Å². The predicted octanol–water partition coefficient (Wildman–Crippen LogP) is 0.318. The summed E-state index contributed by atoms with van der Waals surface area (Å²) in [7, 11) is 0. The summed E-state index contributed by atoms with van der Waals surface area (Å²) in [6, 6.07) is 9.61. The zero-order chi connectivity index (χ0) is 12.8. The highest BCUT2D eigenvalue weighted by atomic mass is 16.5. The van der Waals surface area contributed by atoms with Crippen LogP contribution in [0.1, 0.15) is 0 Å².